The van der Waals surface area contributed by atoms with Crippen LogP contribution in [-0.4, -0.2) is 41.6 Å². The van der Waals surface area contributed by atoms with E-state index >= 15 is 0 Å². The first-order valence-corrected chi connectivity index (χ1v) is 11.2. The highest BCUT2D eigenvalue weighted by molar-refractivity contribution is 5.90. The number of non-ortho nitro benzene ring substituents is 1. The van der Waals surface area contributed by atoms with Crippen molar-refractivity contribution in [1.82, 2.24) is 15.3 Å². The van der Waals surface area contributed by atoms with Crippen LogP contribution in [0.4, 0.5) is 21.8 Å². The normalized spacial score (nSPS) is 18.3. The molecule has 1 aliphatic rings. The number of anilines is 2. The molecule has 0 unspecified atom stereocenters. The largest absolute Gasteiger partial charge is 0.362 e. The molecule has 4 rings (SSSR count). The molecule has 0 saturated heterocycles. The highest BCUT2D eigenvalue weighted by Crippen LogP contribution is 2.28. The Morgan fingerprint density at radius 2 is 1.88 bits per heavy atom. The number of benzene rings is 2. The molecule has 0 bridgehead atoms. The molecule has 0 aliphatic heterocycles. The monoisotopic (exact) mass is 452 g/mol. The van der Waals surface area contributed by atoms with Crippen molar-refractivity contribution in [2.75, 3.05) is 30.9 Å². The Balaban J connectivity index is 1.28. The maximum Gasteiger partial charge on any atom is 0.272 e. The van der Waals surface area contributed by atoms with Crippen LogP contribution in [0.3, 0.4) is 0 Å². The molecule has 2 aromatic carbocycles. The Hall–Kier alpha value is -3.33. The van der Waals surface area contributed by atoms with Crippen LogP contribution < -0.4 is 15.5 Å². The number of rotatable bonds is 8. The van der Waals surface area contributed by atoms with E-state index in [0.29, 0.717) is 30.0 Å². The average molecular weight is 453 g/mol. The summed E-state index contributed by atoms with van der Waals surface area (Å²) >= 11 is 0. The first-order chi connectivity index (χ1) is 15.9. The van der Waals surface area contributed by atoms with Gasteiger partial charge < -0.3 is 15.5 Å². The molecule has 1 aliphatic carbocycles. The first-order valence-electron chi connectivity index (χ1n) is 11.2. The summed E-state index contributed by atoms with van der Waals surface area (Å²) < 4.78 is 14.0. The third kappa shape index (κ3) is 5.54. The van der Waals surface area contributed by atoms with Crippen molar-refractivity contribution in [3.8, 4) is 0 Å². The number of nitro groups is 1. The minimum atomic E-state index is -0.586. The molecule has 8 nitrogen and oxygen atoms in total. The number of nitrogens with zero attached hydrogens (tertiary/aromatic N) is 4. The van der Waals surface area contributed by atoms with Gasteiger partial charge in [0.2, 0.25) is 5.95 Å². The third-order valence-corrected chi connectivity index (χ3v) is 6.18. The smallest absolute Gasteiger partial charge is 0.272 e. The molecule has 0 spiro atoms. The summed E-state index contributed by atoms with van der Waals surface area (Å²) in [4.78, 5) is 21.6. The van der Waals surface area contributed by atoms with Gasteiger partial charge in [0.05, 0.1) is 16.5 Å². The lowest BCUT2D eigenvalue weighted by molar-refractivity contribution is -0.385. The average Bonchev–Trinajstić information content (AvgIpc) is 2.80. The van der Waals surface area contributed by atoms with E-state index in [0.717, 1.165) is 55.0 Å². The highest BCUT2D eigenvalue weighted by atomic mass is 19.1. The van der Waals surface area contributed by atoms with E-state index in [1.165, 1.54) is 12.1 Å². The van der Waals surface area contributed by atoms with Crippen LogP contribution in [0.1, 0.15) is 31.2 Å². The Morgan fingerprint density at radius 1 is 1.12 bits per heavy atom. The van der Waals surface area contributed by atoms with Gasteiger partial charge in [-0.25, -0.2) is 9.37 Å². The van der Waals surface area contributed by atoms with E-state index in [4.69, 9.17) is 9.97 Å². The first kappa shape index (κ1) is 22.8. The maximum absolute atomic E-state index is 14.0. The summed E-state index contributed by atoms with van der Waals surface area (Å²) in [5, 5.41) is 18.6. The Morgan fingerprint density at radius 3 is 2.58 bits per heavy atom. The number of aromatic nitrogens is 2. The number of hydrogen-bond donors (Lipinski definition) is 2. The molecular weight excluding hydrogens is 423 g/mol. The zero-order valence-electron chi connectivity index (χ0n) is 18.9. The number of nitro benzene ring substituents is 1. The van der Waals surface area contributed by atoms with Gasteiger partial charge in [0.25, 0.3) is 5.69 Å². The van der Waals surface area contributed by atoms with E-state index in [-0.39, 0.29) is 5.69 Å². The van der Waals surface area contributed by atoms with E-state index < -0.39 is 10.7 Å². The highest BCUT2D eigenvalue weighted by Gasteiger charge is 2.22. The quantitative estimate of drug-likeness (QED) is 0.384. The van der Waals surface area contributed by atoms with Gasteiger partial charge in [-0.15, -0.1) is 0 Å². The van der Waals surface area contributed by atoms with Gasteiger partial charge in [0, 0.05) is 43.7 Å². The fourth-order valence-electron chi connectivity index (χ4n) is 4.36. The molecule has 1 saturated carbocycles. The summed E-state index contributed by atoms with van der Waals surface area (Å²) in [6.45, 7) is 1.15. The van der Waals surface area contributed by atoms with E-state index in [1.807, 2.05) is 43.3 Å². The van der Waals surface area contributed by atoms with Gasteiger partial charge in [-0.2, -0.15) is 4.98 Å². The zero-order valence-corrected chi connectivity index (χ0v) is 18.9. The van der Waals surface area contributed by atoms with Crippen LogP contribution in [0.2, 0.25) is 0 Å². The number of hydrogen-bond acceptors (Lipinski definition) is 7. The van der Waals surface area contributed by atoms with E-state index in [1.54, 1.807) is 0 Å². The Bertz CT molecular complexity index is 1130. The molecule has 1 heterocycles. The molecule has 0 radical (unpaired) electrons. The minimum Gasteiger partial charge on any atom is -0.362 e. The number of halogens is 1. The molecule has 174 valence electrons. The van der Waals surface area contributed by atoms with Crippen molar-refractivity contribution in [3.63, 3.8) is 0 Å². The lowest BCUT2D eigenvalue weighted by atomic mass is 9.86. The molecule has 1 fully saturated rings. The fraction of sp³-hybridized carbons (Fsp3) is 0.417. The lowest BCUT2D eigenvalue weighted by Crippen LogP contribution is -2.31. The second kappa shape index (κ2) is 10.1. The SMILES string of the molecule is CN(C)c1nc(N[C@H]2CC[C@@H](CNCc3ccc([N+](=O)[O-])cc3F)CC2)nc2ccccc12. The molecule has 9 heteroatoms. The molecule has 0 amide bonds. The standard InChI is InChI=1S/C24H29FN6O2/c1-30(2)23-20-5-3-4-6-22(20)28-24(29-23)27-18-10-7-16(8-11-18)14-26-15-17-9-12-19(31(32)33)13-21(17)25/h3-6,9,12-13,16,18,26H,7-8,10-11,14-15H2,1-2H3,(H,27,28,29)/t16-,18+. The predicted octanol–water partition coefficient (Wildman–Crippen LogP) is 4.50. The van der Waals surface area contributed by atoms with Crippen LogP contribution in [-0.2, 0) is 6.54 Å². The maximum atomic E-state index is 14.0. The van der Waals surface area contributed by atoms with Crippen molar-refractivity contribution in [3.05, 3.63) is 64.0 Å². The Kier molecular flexibility index (Phi) is 6.98. The Labute approximate surface area is 192 Å². The van der Waals surface area contributed by atoms with Crippen molar-refractivity contribution in [2.45, 2.75) is 38.3 Å². The molecule has 3 aromatic rings. The predicted molar refractivity (Wildman–Crippen MR) is 128 cm³/mol. The van der Waals surface area contributed by atoms with Crippen molar-refractivity contribution in [1.29, 1.82) is 0 Å². The van der Waals surface area contributed by atoms with Crippen molar-refractivity contribution in [2.24, 2.45) is 5.92 Å². The van der Waals surface area contributed by atoms with E-state index in [9.17, 15) is 14.5 Å². The van der Waals surface area contributed by atoms with E-state index in [2.05, 4.69) is 10.6 Å². The third-order valence-electron chi connectivity index (χ3n) is 6.18. The summed E-state index contributed by atoms with van der Waals surface area (Å²) in [5.74, 6) is 1.53. The zero-order chi connectivity index (χ0) is 23.4. The minimum absolute atomic E-state index is 0.227. The van der Waals surface area contributed by atoms with Crippen molar-refractivity contribution >= 4 is 28.4 Å². The fourth-order valence-corrected chi connectivity index (χ4v) is 4.36. The molecule has 1 aromatic heterocycles. The summed E-state index contributed by atoms with van der Waals surface area (Å²) in [7, 11) is 3.97. The van der Waals surface area contributed by atoms with Gasteiger partial charge >= 0.3 is 0 Å². The van der Waals surface area contributed by atoms with Crippen molar-refractivity contribution < 1.29 is 9.31 Å². The van der Waals surface area contributed by atoms with Gasteiger partial charge in [0.15, 0.2) is 0 Å². The van der Waals surface area contributed by atoms with Crippen LogP contribution in [0.15, 0.2) is 42.5 Å². The molecular formula is C24H29FN6O2. The molecule has 33 heavy (non-hydrogen) atoms. The topological polar surface area (TPSA) is 96.2 Å². The van der Waals surface area contributed by atoms with Crippen LogP contribution in [0.25, 0.3) is 10.9 Å². The summed E-state index contributed by atoms with van der Waals surface area (Å²) in [6.07, 6.45) is 4.15. The molecule has 2 N–H and O–H groups in total. The second-order valence-corrected chi connectivity index (χ2v) is 8.81. The van der Waals surface area contributed by atoms with Gasteiger partial charge in [-0.3, -0.25) is 10.1 Å². The molecule has 0 atom stereocenters. The summed E-state index contributed by atoms with van der Waals surface area (Å²) in [6, 6.07) is 12.1. The number of nitrogens with one attached hydrogen (secondary N) is 2. The van der Waals surface area contributed by atoms with Crippen LogP contribution >= 0.6 is 0 Å². The van der Waals surface area contributed by atoms with Crippen LogP contribution in [0, 0.1) is 21.8 Å². The number of para-hydroxylation sites is 1. The lowest BCUT2D eigenvalue weighted by Gasteiger charge is -2.29. The number of fused-ring (bicyclic) bond motifs is 1. The van der Waals surface area contributed by atoms with Gasteiger partial charge in [-0.05, 0) is 56.3 Å². The second-order valence-electron chi connectivity index (χ2n) is 8.81. The van der Waals surface area contributed by atoms with Gasteiger partial charge in [0.1, 0.15) is 11.6 Å². The van der Waals surface area contributed by atoms with Crippen LogP contribution in [0.5, 0.6) is 0 Å². The van der Waals surface area contributed by atoms with Gasteiger partial charge in [-0.1, -0.05) is 12.1 Å². The summed E-state index contributed by atoms with van der Waals surface area (Å²) in [5.41, 5.74) is 1.14.